The lowest BCUT2D eigenvalue weighted by Gasteiger charge is -2.15. The van der Waals surface area contributed by atoms with Crippen LogP contribution in [0, 0.1) is 11.8 Å². The zero-order chi connectivity index (χ0) is 11.2. The second-order valence-electron chi connectivity index (χ2n) is 4.15. The summed E-state index contributed by atoms with van der Waals surface area (Å²) in [4.78, 5) is 23.1. The summed E-state index contributed by atoms with van der Waals surface area (Å²) in [5.74, 6) is -5.48. The van der Waals surface area contributed by atoms with E-state index in [0.29, 0.717) is 0 Å². The monoisotopic (exact) mass is 219 g/mol. The first-order chi connectivity index (χ1) is 6.91. The van der Waals surface area contributed by atoms with Gasteiger partial charge in [0, 0.05) is 13.0 Å². The van der Waals surface area contributed by atoms with E-state index in [1.807, 2.05) is 0 Å². The summed E-state index contributed by atoms with van der Waals surface area (Å²) in [6.07, 6.45) is -0.0283. The van der Waals surface area contributed by atoms with Crippen LogP contribution in [0.1, 0.15) is 12.8 Å². The van der Waals surface area contributed by atoms with Crippen molar-refractivity contribution in [3.05, 3.63) is 0 Å². The van der Waals surface area contributed by atoms with Crippen LogP contribution in [0.2, 0.25) is 0 Å². The molecular formula is C9H11F2NO3. The molecule has 6 heteroatoms. The molecule has 0 aromatic carbocycles. The van der Waals surface area contributed by atoms with Gasteiger partial charge in [-0.2, -0.15) is 0 Å². The van der Waals surface area contributed by atoms with Gasteiger partial charge in [0.05, 0.1) is 18.4 Å². The molecule has 1 heterocycles. The van der Waals surface area contributed by atoms with E-state index in [0.717, 1.165) is 4.90 Å². The van der Waals surface area contributed by atoms with Crippen molar-refractivity contribution in [2.24, 2.45) is 11.8 Å². The molecule has 84 valence electrons. The Morgan fingerprint density at radius 2 is 2.00 bits per heavy atom. The highest BCUT2D eigenvalue weighted by Crippen LogP contribution is 2.41. The second kappa shape index (κ2) is 3.15. The third-order valence-electron chi connectivity index (χ3n) is 2.91. The van der Waals surface area contributed by atoms with Crippen LogP contribution in [0.25, 0.3) is 0 Å². The minimum absolute atomic E-state index is 0.0364. The highest BCUT2D eigenvalue weighted by Gasteiger charge is 2.52. The molecule has 2 unspecified atom stereocenters. The number of carboxylic acids is 1. The first kappa shape index (κ1) is 10.3. The summed E-state index contributed by atoms with van der Waals surface area (Å²) in [6, 6.07) is 0. The minimum atomic E-state index is -2.80. The molecule has 2 atom stereocenters. The van der Waals surface area contributed by atoms with Crippen molar-refractivity contribution in [2.45, 2.75) is 18.8 Å². The van der Waals surface area contributed by atoms with Gasteiger partial charge in [0.15, 0.2) is 0 Å². The minimum Gasteiger partial charge on any atom is -0.481 e. The molecule has 2 rings (SSSR count). The van der Waals surface area contributed by atoms with Gasteiger partial charge in [0.25, 0.3) is 5.92 Å². The van der Waals surface area contributed by atoms with Crippen molar-refractivity contribution in [3.63, 3.8) is 0 Å². The Morgan fingerprint density at radius 3 is 2.40 bits per heavy atom. The predicted molar refractivity (Wildman–Crippen MR) is 45.4 cm³/mol. The largest absolute Gasteiger partial charge is 0.481 e. The molecule has 0 bridgehead atoms. The fourth-order valence-corrected chi connectivity index (χ4v) is 1.90. The van der Waals surface area contributed by atoms with Crippen molar-refractivity contribution < 1.29 is 23.5 Å². The van der Waals surface area contributed by atoms with E-state index >= 15 is 0 Å². The first-order valence-corrected chi connectivity index (χ1v) is 4.80. The maximum absolute atomic E-state index is 12.8. The number of likely N-dealkylation sites (tertiary alicyclic amines) is 1. The molecule has 4 nitrogen and oxygen atoms in total. The van der Waals surface area contributed by atoms with Crippen LogP contribution in [0.15, 0.2) is 0 Å². The third-order valence-corrected chi connectivity index (χ3v) is 2.91. The molecule has 1 saturated heterocycles. The molecule has 1 amide bonds. The summed E-state index contributed by atoms with van der Waals surface area (Å²) in [5, 5.41) is 8.60. The molecule has 1 N–H and O–H groups in total. The van der Waals surface area contributed by atoms with E-state index in [1.165, 1.54) is 0 Å². The topological polar surface area (TPSA) is 57.6 Å². The maximum atomic E-state index is 12.8. The van der Waals surface area contributed by atoms with Crippen LogP contribution >= 0.6 is 0 Å². The van der Waals surface area contributed by atoms with Crippen molar-refractivity contribution in [1.29, 1.82) is 0 Å². The normalized spacial score (nSPS) is 32.8. The van der Waals surface area contributed by atoms with Gasteiger partial charge < -0.3 is 10.0 Å². The second-order valence-corrected chi connectivity index (χ2v) is 4.15. The number of carbonyl (C=O) groups excluding carboxylic acids is 1. The fraction of sp³-hybridized carbons (Fsp3) is 0.778. The Labute approximate surface area is 84.9 Å². The Morgan fingerprint density at radius 1 is 1.33 bits per heavy atom. The number of halogens is 2. The van der Waals surface area contributed by atoms with Gasteiger partial charge in [-0.1, -0.05) is 0 Å². The van der Waals surface area contributed by atoms with Crippen LogP contribution in [-0.2, 0) is 9.59 Å². The highest BCUT2D eigenvalue weighted by atomic mass is 19.3. The molecule has 0 aromatic rings. The SMILES string of the molecule is O=C(O)C1CC1C(=O)N1CCC(F)(F)C1. The third kappa shape index (κ3) is 1.93. The van der Waals surface area contributed by atoms with Crippen LogP contribution < -0.4 is 0 Å². The molecule has 1 aliphatic heterocycles. The molecule has 2 aliphatic rings. The summed E-state index contributed by atoms with van der Waals surface area (Å²) in [6.45, 7) is -0.524. The smallest absolute Gasteiger partial charge is 0.307 e. The average Bonchev–Trinajstić information content (AvgIpc) is 2.84. The lowest BCUT2D eigenvalue weighted by atomic mass is 10.3. The van der Waals surface area contributed by atoms with E-state index in [2.05, 4.69) is 0 Å². The summed E-state index contributed by atoms with van der Waals surface area (Å²) in [5.41, 5.74) is 0. The number of aliphatic carboxylic acids is 1. The lowest BCUT2D eigenvalue weighted by molar-refractivity contribution is -0.142. The predicted octanol–water partition coefficient (Wildman–Crippen LogP) is 0.575. The maximum Gasteiger partial charge on any atom is 0.307 e. The van der Waals surface area contributed by atoms with Crippen molar-refractivity contribution in [2.75, 3.05) is 13.1 Å². The summed E-state index contributed by atoms with van der Waals surface area (Å²) >= 11 is 0. The van der Waals surface area contributed by atoms with Gasteiger partial charge in [0.1, 0.15) is 0 Å². The molecule has 15 heavy (non-hydrogen) atoms. The van der Waals surface area contributed by atoms with Gasteiger partial charge in [-0.25, -0.2) is 8.78 Å². The quantitative estimate of drug-likeness (QED) is 0.738. The van der Waals surface area contributed by atoms with E-state index in [-0.39, 0.29) is 19.4 Å². The Bertz CT molecular complexity index is 318. The zero-order valence-electron chi connectivity index (χ0n) is 7.95. The van der Waals surface area contributed by atoms with Gasteiger partial charge in [-0.3, -0.25) is 9.59 Å². The van der Waals surface area contributed by atoms with E-state index in [9.17, 15) is 18.4 Å². The van der Waals surface area contributed by atoms with Crippen LogP contribution in [-0.4, -0.2) is 40.9 Å². The lowest BCUT2D eigenvalue weighted by Crippen LogP contribution is -2.33. The Hall–Kier alpha value is -1.20. The van der Waals surface area contributed by atoms with Crippen LogP contribution in [0.5, 0.6) is 0 Å². The zero-order valence-corrected chi connectivity index (χ0v) is 7.95. The summed E-state index contributed by atoms with van der Waals surface area (Å²) < 4.78 is 25.6. The van der Waals surface area contributed by atoms with Gasteiger partial charge in [0.2, 0.25) is 5.91 Å². The van der Waals surface area contributed by atoms with E-state index < -0.39 is 36.2 Å². The van der Waals surface area contributed by atoms with Crippen molar-refractivity contribution >= 4 is 11.9 Å². The molecule has 0 aromatic heterocycles. The number of amides is 1. The molecule has 0 spiro atoms. The molecule has 2 fully saturated rings. The van der Waals surface area contributed by atoms with Crippen LogP contribution in [0.4, 0.5) is 8.78 Å². The number of carbonyl (C=O) groups is 2. The molecule has 1 aliphatic carbocycles. The number of carboxylic acid groups (broad SMARTS) is 1. The highest BCUT2D eigenvalue weighted by molar-refractivity contribution is 5.89. The number of rotatable bonds is 2. The first-order valence-electron chi connectivity index (χ1n) is 4.80. The average molecular weight is 219 g/mol. The summed E-state index contributed by atoms with van der Waals surface area (Å²) in [7, 11) is 0. The van der Waals surface area contributed by atoms with Crippen molar-refractivity contribution in [3.8, 4) is 0 Å². The molecule has 0 radical (unpaired) electrons. The standard InChI is InChI=1S/C9H11F2NO3/c10-9(11)1-2-12(4-9)7(13)5-3-6(5)8(14)15/h5-6H,1-4H2,(H,14,15). The fourth-order valence-electron chi connectivity index (χ4n) is 1.90. The Balaban J connectivity index is 1.92. The Kier molecular flexibility index (Phi) is 2.17. The van der Waals surface area contributed by atoms with E-state index in [4.69, 9.17) is 5.11 Å². The van der Waals surface area contributed by atoms with Gasteiger partial charge >= 0.3 is 5.97 Å². The molecule has 1 saturated carbocycles. The number of alkyl halides is 2. The number of hydrogen-bond acceptors (Lipinski definition) is 2. The van der Waals surface area contributed by atoms with Crippen LogP contribution in [0.3, 0.4) is 0 Å². The number of hydrogen-bond donors (Lipinski definition) is 1. The molecular weight excluding hydrogens is 208 g/mol. The number of nitrogens with zero attached hydrogens (tertiary/aromatic N) is 1. The van der Waals surface area contributed by atoms with Gasteiger partial charge in [-0.05, 0) is 6.42 Å². The van der Waals surface area contributed by atoms with E-state index in [1.54, 1.807) is 0 Å². The van der Waals surface area contributed by atoms with Gasteiger partial charge in [-0.15, -0.1) is 0 Å². The van der Waals surface area contributed by atoms with Crippen molar-refractivity contribution in [1.82, 2.24) is 4.90 Å².